The van der Waals surface area contributed by atoms with Gasteiger partial charge in [0.1, 0.15) is 18.5 Å². The Hall–Kier alpha value is -2.20. The number of anilines is 1. The van der Waals surface area contributed by atoms with Crippen LogP contribution < -0.4 is 9.64 Å². The van der Waals surface area contributed by atoms with Crippen molar-refractivity contribution in [3.63, 3.8) is 0 Å². The summed E-state index contributed by atoms with van der Waals surface area (Å²) in [7, 11) is 0. The van der Waals surface area contributed by atoms with Gasteiger partial charge < -0.3 is 28.6 Å². The predicted octanol–water partition coefficient (Wildman–Crippen LogP) is 5.05. The van der Waals surface area contributed by atoms with E-state index in [1.165, 1.54) is 0 Å². The molecular weight excluding hydrogens is 574 g/mol. The van der Waals surface area contributed by atoms with E-state index in [1.54, 1.807) is 31.6 Å². The van der Waals surface area contributed by atoms with Crippen molar-refractivity contribution in [2.45, 2.75) is 25.4 Å². The second kappa shape index (κ2) is 13.2. The number of ether oxygens (including phenoxy) is 3. The summed E-state index contributed by atoms with van der Waals surface area (Å²) in [6.45, 7) is 5.80. The van der Waals surface area contributed by atoms with E-state index >= 15 is 0 Å². The molecule has 2 saturated heterocycles. The van der Waals surface area contributed by atoms with Crippen molar-refractivity contribution < 1.29 is 19.0 Å². The summed E-state index contributed by atoms with van der Waals surface area (Å²) in [6.07, 6.45) is 4.98. The number of amides is 1. The standard InChI is InChI=1S/C26H28Cl2N4O4.2ClH/c1-19(33)31-10-12-32(13-11-31)21-3-5-22(6-4-21)34-15-23-16-35-26(36-23,17-30-9-8-29-18-30)24-7-2-20(27)14-25(24)28;;/h2-9,14,18,23H,10-13,15-17H2,1H3;2*1H/t23-,26-;;/m0../s1. The smallest absolute Gasteiger partial charge is 0.219 e. The minimum absolute atomic E-state index is 0. The first-order valence-corrected chi connectivity index (χ1v) is 12.6. The molecule has 0 radical (unpaired) electrons. The van der Waals surface area contributed by atoms with Crippen LogP contribution in [0.1, 0.15) is 12.5 Å². The molecule has 0 unspecified atom stereocenters. The average Bonchev–Trinajstić information content (AvgIpc) is 3.54. The van der Waals surface area contributed by atoms with Gasteiger partial charge in [-0.25, -0.2) is 4.98 Å². The molecule has 8 nitrogen and oxygen atoms in total. The van der Waals surface area contributed by atoms with Gasteiger partial charge in [0.05, 0.1) is 24.5 Å². The van der Waals surface area contributed by atoms with Crippen LogP contribution in [0.2, 0.25) is 10.0 Å². The molecule has 1 aromatic heterocycles. The molecule has 2 aliphatic heterocycles. The highest BCUT2D eigenvalue weighted by Crippen LogP contribution is 2.40. The molecule has 0 spiro atoms. The van der Waals surface area contributed by atoms with Gasteiger partial charge >= 0.3 is 0 Å². The van der Waals surface area contributed by atoms with Gasteiger partial charge in [-0.1, -0.05) is 29.3 Å². The number of halogens is 4. The lowest BCUT2D eigenvalue weighted by molar-refractivity contribution is -0.189. The summed E-state index contributed by atoms with van der Waals surface area (Å²) in [4.78, 5) is 19.8. The van der Waals surface area contributed by atoms with Crippen LogP contribution in [0.5, 0.6) is 5.75 Å². The number of benzene rings is 2. The quantitative estimate of drug-likeness (QED) is 0.376. The van der Waals surface area contributed by atoms with Gasteiger partial charge in [-0.15, -0.1) is 24.8 Å². The van der Waals surface area contributed by atoms with Gasteiger partial charge in [-0.2, -0.15) is 0 Å². The van der Waals surface area contributed by atoms with Crippen molar-refractivity contribution in [2.24, 2.45) is 0 Å². The topological polar surface area (TPSA) is 69.1 Å². The monoisotopic (exact) mass is 602 g/mol. The molecule has 38 heavy (non-hydrogen) atoms. The largest absolute Gasteiger partial charge is 0.491 e. The summed E-state index contributed by atoms with van der Waals surface area (Å²) >= 11 is 12.7. The molecule has 0 bridgehead atoms. The molecule has 2 aromatic carbocycles. The molecule has 5 rings (SSSR count). The second-order valence-corrected chi connectivity index (χ2v) is 9.80. The van der Waals surface area contributed by atoms with Gasteiger partial charge in [0.15, 0.2) is 0 Å². The Kier molecular flexibility index (Phi) is 10.6. The Morgan fingerprint density at radius 3 is 2.47 bits per heavy atom. The number of piperazine rings is 1. The van der Waals surface area contributed by atoms with Crippen molar-refractivity contribution in [3.05, 3.63) is 76.8 Å². The highest BCUT2D eigenvalue weighted by Gasteiger charge is 2.45. The van der Waals surface area contributed by atoms with Crippen molar-refractivity contribution in [1.29, 1.82) is 0 Å². The van der Waals surface area contributed by atoms with E-state index in [1.807, 2.05) is 46.0 Å². The first kappa shape index (κ1) is 30.3. The molecule has 2 aliphatic rings. The summed E-state index contributed by atoms with van der Waals surface area (Å²) in [5.74, 6) is -0.201. The van der Waals surface area contributed by atoms with Crippen LogP contribution in [0.15, 0.2) is 61.2 Å². The molecule has 0 saturated carbocycles. The lowest BCUT2D eigenvalue weighted by Crippen LogP contribution is -2.48. The van der Waals surface area contributed by atoms with Gasteiger partial charge in [0.2, 0.25) is 11.7 Å². The molecule has 3 aromatic rings. The molecule has 12 heteroatoms. The Bertz CT molecular complexity index is 1190. The minimum Gasteiger partial charge on any atom is -0.491 e. The maximum atomic E-state index is 11.6. The van der Waals surface area contributed by atoms with Gasteiger partial charge in [-0.3, -0.25) is 4.79 Å². The second-order valence-electron chi connectivity index (χ2n) is 8.96. The summed E-state index contributed by atoms with van der Waals surface area (Å²) in [6, 6.07) is 13.3. The van der Waals surface area contributed by atoms with Crippen LogP contribution in [0, 0.1) is 0 Å². The van der Waals surface area contributed by atoms with E-state index in [-0.39, 0.29) is 36.8 Å². The first-order chi connectivity index (χ1) is 17.4. The summed E-state index contributed by atoms with van der Waals surface area (Å²) < 4.78 is 20.6. The van der Waals surface area contributed by atoms with Crippen LogP contribution in [-0.2, 0) is 26.6 Å². The van der Waals surface area contributed by atoms with Crippen molar-refractivity contribution in [2.75, 3.05) is 44.3 Å². The fourth-order valence-corrected chi connectivity index (χ4v) is 5.15. The molecule has 1 amide bonds. The Balaban J connectivity index is 0.00000200. The summed E-state index contributed by atoms with van der Waals surface area (Å²) in [5, 5.41) is 1.02. The van der Waals surface area contributed by atoms with Crippen molar-refractivity contribution in [3.8, 4) is 5.75 Å². The van der Waals surface area contributed by atoms with Crippen molar-refractivity contribution in [1.82, 2.24) is 14.5 Å². The number of aromatic nitrogens is 2. The zero-order chi connectivity index (χ0) is 25.1. The van der Waals surface area contributed by atoms with E-state index in [0.717, 1.165) is 37.6 Å². The number of nitrogens with zero attached hydrogens (tertiary/aromatic N) is 4. The molecule has 3 heterocycles. The van der Waals surface area contributed by atoms with Gasteiger partial charge in [0.25, 0.3) is 0 Å². The van der Waals surface area contributed by atoms with Crippen LogP contribution in [0.25, 0.3) is 0 Å². The minimum atomic E-state index is -1.08. The molecule has 2 atom stereocenters. The average molecular weight is 604 g/mol. The SMILES string of the molecule is CC(=O)N1CCN(c2ccc(OC[C@H]3CO[C@](Cn4ccnc4)(c4ccc(Cl)cc4Cl)O3)cc2)CC1.Cl.Cl. The predicted molar refractivity (Wildman–Crippen MR) is 152 cm³/mol. The van der Waals surface area contributed by atoms with E-state index in [0.29, 0.717) is 35.4 Å². The number of imidazole rings is 1. The Labute approximate surface area is 244 Å². The third kappa shape index (κ3) is 6.86. The Morgan fingerprint density at radius 2 is 1.84 bits per heavy atom. The molecule has 0 aliphatic carbocycles. The lowest BCUT2D eigenvalue weighted by Gasteiger charge is -2.35. The lowest BCUT2D eigenvalue weighted by atomic mass is 10.1. The highest BCUT2D eigenvalue weighted by atomic mass is 35.5. The van der Waals surface area contributed by atoms with Crippen LogP contribution >= 0.6 is 48.0 Å². The third-order valence-electron chi connectivity index (χ3n) is 6.51. The number of hydrogen-bond donors (Lipinski definition) is 0. The van der Waals surface area contributed by atoms with Crippen LogP contribution in [0.4, 0.5) is 5.69 Å². The zero-order valence-corrected chi connectivity index (χ0v) is 23.9. The van der Waals surface area contributed by atoms with E-state index < -0.39 is 5.79 Å². The maximum absolute atomic E-state index is 11.6. The molecule has 206 valence electrons. The Morgan fingerprint density at radius 1 is 1.11 bits per heavy atom. The first-order valence-electron chi connectivity index (χ1n) is 11.9. The molecular formula is C26H30Cl4N4O4. The van der Waals surface area contributed by atoms with Crippen LogP contribution in [-0.4, -0.2) is 65.9 Å². The normalized spacial score (nSPS) is 21.0. The highest BCUT2D eigenvalue weighted by molar-refractivity contribution is 6.35. The van der Waals surface area contributed by atoms with E-state index in [9.17, 15) is 4.79 Å². The van der Waals surface area contributed by atoms with E-state index in [4.69, 9.17) is 37.4 Å². The van der Waals surface area contributed by atoms with Crippen molar-refractivity contribution >= 4 is 59.6 Å². The molecule has 2 fully saturated rings. The zero-order valence-electron chi connectivity index (χ0n) is 20.8. The van der Waals surface area contributed by atoms with Gasteiger partial charge in [0, 0.05) is 61.8 Å². The molecule has 0 N–H and O–H groups in total. The number of hydrogen-bond acceptors (Lipinski definition) is 6. The fraction of sp³-hybridized carbons (Fsp3) is 0.385. The van der Waals surface area contributed by atoms with Crippen LogP contribution in [0.3, 0.4) is 0 Å². The summed E-state index contributed by atoms with van der Waals surface area (Å²) in [5.41, 5.74) is 1.82. The number of carbonyl (C=O) groups excluding carboxylic acids is 1. The van der Waals surface area contributed by atoms with Gasteiger partial charge in [-0.05, 0) is 36.4 Å². The number of carbonyl (C=O) groups is 1. The van der Waals surface area contributed by atoms with E-state index in [2.05, 4.69) is 9.88 Å². The fourth-order valence-electron chi connectivity index (χ4n) is 4.60. The third-order valence-corrected chi connectivity index (χ3v) is 7.06. The maximum Gasteiger partial charge on any atom is 0.219 e. The number of rotatable bonds is 7.